The van der Waals surface area contributed by atoms with Gasteiger partial charge in [-0.25, -0.2) is 4.39 Å². The van der Waals surface area contributed by atoms with Gasteiger partial charge in [-0.2, -0.15) is 0 Å². The molecule has 0 atom stereocenters. The van der Waals surface area contributed by atoms with Crippen molar-refractivity contribution in [2.24, 2.45) is 5.92 Å². The molecule has 0 spiro atoms. The summed E-state index contributed by atoms with van der Waals surface area (Å²) in [7, 11) is 3.11. The fourth-order valence-electron chi connectivity index (χ4n) is 3.65. The van der Waals surface area contributed by atoms with Gasteiger partial charge in [-0.3, -0.25) is 9.59 Å². The van der Waals surface area contributed by atoms with Gasteiger partial charge in [0.1, 0.15) is 17.3 Å². The van der Waals surface area contributed by atoms with Crippen molar-refractivity contribution in [3.8, 4) is 11.5 Å². The van der Waals surface area contributed by atoms with Crippen LogP contribution in [0.15, 0.2) is 42.5 Å². The molecule has 1 aliphatic rings. The maximum Gasteiger partial charge on any atom is 0.279 e. The fourth-order valence-corrected chi connectivity index (χ4v) is 3.65. The van der Waals surface area contributed by atoms with Gasteiger partial charge in [0.25, 0.3) is 5.91 Å². The first kappa shape index (κ1) is 20.8. The van der Waals surface area contributed by atoms with Gasteiger partial charge in [-0.15, -0.1) is 0 Å². The molecule has 0 bridgehead atoms. The van der Waals surface area contributed by atoms with Crippen LogP contribution in [0.25, 0.3) is 0 Å². The van der Waals surface area contributed by atoms with Crippen molar-refractivity contribution in [1.82, 2.24) is 0 Å². The van der Waals surface area contributed by atoms with Crippen molar-refractivity contribution in [3.05, 3.63) is 53.8 Å². The van der Waals surface area contributed by atoms with Gasteiger partial charge in [-0.05, 0) is 36.4 Å². The van der Waals surface area contributed by atoms with E-state index in [0.717, 1.165) is 18.0 Å². The SMILES string of the molecule is COc1ccc(OC)c(NC(=O)C[NH+]2CCC(C(=O)c3ccc(F)cc3)CC2)c1. The van der Waals surface area contributed by atoms with Gasteiger partial charge in [0.15, 0.2) is 12.3 Å². The lowest BCUT2D eigenvalue weighted by molar-refractivity contribution is -0.897. The predicted octanol–water partition coefficient (Wildman–Crippen LogP) is 1.96. The van der Waals surface area contributed by atoms with Gasteiger partial charge in [0.05, 0.1) is 33.0 Å². The molecule has 1 heterocycles. The van der Waals surface area contributed by atoms with Crippen molar-refractivity contribution >= 4 is 17.4 Å². The summed E-state index contributed by atoms with van der Waals surface area (Å²) in [6, 6.07) is 10.9. The summed E-state index contributed by atoms with van der Waals surface area (Å²) >= 11 is 0. The highest BCUT2D eigenvalue weighted by molar-refractivity contribution is 5.97. The van der Waals surface area contributed by atoms with E-state index in [1.807, 2.05) is 0 Å². The van der Waals surface area contributed by atoms with Crippen LogP contribution in [0.1, 0.15) is 23.2 Å². The molecule has 0 aromatic heterocycles. The largest absolute Gasteiger partial charge is 0.497 e. The molecule has 0 unspecified atom stereocenters. The summed E-state index contributed by atoms with van der Waals surface area (Å²) in [6.45, 7) is 1.79. The highest BCUT2D eigenvalue weighted by atomic mass is 19.1. The van der Waals surface area contributed by atoms with Crippen LogP contribution >= 0.6 is 0 Å². The van der Waals surface area contributed by atoms with E-state index in [9.17, 15) is 14.0 Å². The van der Waals surface area contributed by atoms with Gasteiger partial charge in [0.2, 0.25) is 0 Å². The maximum absolute atomic E-state index is 13.0. The maximum atomic E-state index is 13.0. The number of anilines is 1. The Morgan fingerprint density at radius 3 is 2.38 bits per heavy atom. The number of hydrogen-bond donors (Lipinski definition) is 2. The Bertz CT molecular complexity index is 862. The van der Waals surface area contributed by atoms with E-state index in [1.165, 1.54) is 24.3 Å². The standard InChI is InChI=1S/C22H25FN2O4/c1-28-18-7-8-20(29-2)19(13-18)24-21(26)14-25-11-9-16(10-12-25)22(27)15-3-5-17(23)6-4-15/h3-8,13,16H,9-12,14H2,1-2H3,(H,24,26)/p+1. The van der Waals surface area contributed by atoms with E-state index in [0.29, 0.717) is 42.1 Å². The first-order chi connectivity index (χ1) is 14.0. The Hall–Kier alpha value is -2.93. The minimum atomic E-state index is -0.348. The quantitative estimate of drug-likeness (QED) is 0.696. The van der Waals surface area contributed by atoms with Crippen LogP contribution in [0.3, 0.4) is 0 Å². The number of likely N-dealkylation sites (tertiary alicyclic amines) is 1. The molecule has 0 saturated carbocycles. The molecule has 2 aromatic carbocycles. The number of methoxy groups -OCH3 is 2. The second kappa shape index (κ2) is 9.52. The lowest BCUT2D eigenvalue weighted by Crippen LogP contribution is -3.14. The van der Waals surface area contributed by atoms with E-state index in [-0.39, 0.29) is 23.4 Å². The molecule has 154 valence electrons. The normalized spacial score (nSPS) is 18.7. The summed E-state index contributed by atoms with van der Waals surface area (Å²) in [5.74, 6) is 0.709. The molecule has 0 radical (unpaired) electrons. The second-order valence-electron chi connectivity index (χ2n) is 7.19. The van der Waals surface area contributed by atoms with Gasteiger partial charge >= 0.3 is 0 Å². The van der Waals surface area contributed by atoms with Crippen LogP contribution < -0.4 is 19.7 Å². The molecule has 29 heavy (non-hydrogen) atoms. The highest BCUT2D eigenvalue weighted by Crippen LogP contribution is 2.28. The van der Waals surface area contributed by atoms with E-state index < -0.39 is 0 Å². The number of quaternary nitrogens is 1. The smallest absolute Gasteiger partial charge is 0.279 e. The molecular weight excluding hydrogens is 375 g/mol. The number of Topliss-reactive ketones (excluding diaryl/α,β-unsaturated/α-hetero) is 1. The number of halogens is 1. The van der Waals surface area contributed by atoms with E-state index in [1.54, 1.807) is 32.4 Å². The molecule has 2 aromatic rings. The number of amides is 1. The Kier molecular flexibility index (Phi) is 6.82. The van der Waals surface area contributed by atoms with E-state index in [4.69, 9.17) is 9.47 Å². The topological polar surface area (TPSA) is 69.1 Å². The summed E-state index contributed by atoms with van der Waals surface area (Å²) in [5, 5.41) is 2.88. The number of nitrogens with one attached hydrogen (secondary N) is 2. The van der Waals surface area contributed by atoms with Crippen molar-refractivity contribution in [2.75, 3.05) is 39.2 Å². The number of ether oxygens (including phenoxy) is 2. The molecule has 1 fully saturated rings. The second-order valence-corrected chi connectivity index (χ2v) is 7.19. The van der Waals surface area contributed by atoms with Crippen LogP contribution in [-0.2, 0) is 4.79 Å². The zero-order valence-electron chi connectivity index (χ0n) is 16.7. The van der Waals surface area contributed by atoms with Gasteiger partial charge < -0.3 is 19.7 Å². The zero-order valence-corrected chi connectivity index (χ0v) is 16.7. The number of hydrogen-bond acceptors (Lipinski definition) is 4. The molecule has 2 N–H and O–H groups in total. The van der Waals surface area contributed by atoms with Crippen LogP contribution in [-0.4, -0.2) is 45.5 Å². The number of rotatable bonds is 7. The molecule has 1 saturated heterocycles. The zero-order chi connectivity index (χ0) is 20.8. The number of carbonyl (C=O) groups excluding carboxylic acids is 2. The molecule has 3 rings (SSSR count). The summed E-state index contributed by atoms with van der Waals surface area (Å²) in [6.07, 6.45) is 1.42. The predicted molar refractivity (Wildman–Crippen MR) is 107 cm³/mol. The first-order valence-electron chi connectivity index (χ1n) is 9.65. The minimum Gasteiger partial charge on any atom is -0.497 e. The summed E-state index contributed by atoms with van der Waals surface area (Å²) in [4.78, 5) is 26.2. The van der Waals surface area contributed by atoms with Crippen molar-refractivity contribution in [3.63, 3.8) is 0 Å². The number of ketones is 1. The Labute approximate surface area is 169 Å². The summed E-state index contributed by atoms with van der Waals surface area (Å²) in [5.41, 5.74) is 1.11. The average molecular weight is 401 g/mol. The van der Waals surface area contributed by atoms with E-state index >= 15 is 0 Å². The summed E-state index contributed by atoms with van der Waals surface area (Å²) < 4.78 is 23.5. The minimum absolute atomic E-state index is 0.0506. The first-order valence-corrected chi connectivity index (χ1v) is 9.65. The van der Waals surface area contributed by atoms with Gasteiger partial charge in [-0.1, -0.05) is 0 Å². The molecular formula is C22H26FN2O4+. The lowest BCUT2D eigenvalue weighted by Gasteiger charge is -2.28. The molecule has 1 aliphatic heterocycles. The number of carbonyl (C=O) groups is 2. The van der Waals surface area contributed by atoms with Crippen LogP contribution in [0.2, 0.25) is 0 Å². The third-order valence-corrected chi connectivity index (χ3v) is 5.28. The average Bonchev–Trinajstić information content (AvgIpc) is 2.74. The van der Waals surface area contributed by atoms with Crippen LogP contribution in [0, 0.1) is 11.7 Å². The van der Waals surface area contributed by atoms with Crippen molar-refractivity contribution < 1.29 is 28.4 Å². The molecule has 6 nitrogen and oxygen atoms in total. The van der Waals surface area contributed by atoms with Gasteiger partial charge in [0, 0.05) is 30.4 Å². The van der Waals surface area contributed by atoms with Crippen molar-refractivity contribution in [2.45, 2.75) is 12.8 Å². The number of benzene rings is 2. The third kappa shape index (κ3) is 5.32. The van der Waals surface area contributed by atoms with Crippen LogP contribution in [0.5, 0.6) is 11.5 Å². The fraction of sp³-hybridized carbons (Fsp3) is 0.364. The van der Waals surface area contributed by atoms with Crippen LogP contribution in [0.4, 0.5) is 10.1 Å². The number of piperidine rings is 1. The Balaban J connectivity index is 1.52. The molecule has 7 heteroatoms. The lowest BCUT2D eigenvalue weighted by atomic mass is 9.89. The van der Waals surface area contributed by atoms with E-state index in [2.05, 4.69) is 5.32 Å². The molecule has 1 amide bonds. The third-order valence-electron chi connectivity index (χ3n) is 5.28. The Morgan fingerprint density at radius 1 is 1.07 bits per heavy atom. The Morgan fingerprint density at radius 2 is 1.76 bits per heavy atom. The highest BCUT2D eigenvalue weighted by Gasteiger charge is 2.29. The molecule has 0 aliphatic carbocycles. The monoisotopic (exact) mass is 401 g/mol. The van der Waals surface area contributed by atoms with Crippen molar-refractivity contribution in [1.29, 1.82) is 0 Å².